The molecule has 0 aliphatic carbocycles. The minimum absolute atomic E-state index is 0.0294. The molecule has 0 aromatic carbocycles. The van der Waals surface area contributed by atoms with E-state index in [0.717, 1.165) is 12.8 Å². The minimum Gasteiger partial charge on any atom is -0.466 e. The molecule has 0 amide bonds. The third-order valence-electron chi connectivity index (χ3n) is 2.74. The maximum absolute atomic E-state index is 11.5. The average molecular weight is 242 g/mol. The molecular weight excluding hydrogens is 212 g/mol. The Labute approximate surface area is 107 Å². The predicted molar refractivity (Wildman–Crippen MR) is 73.0 cm³/mol. The summed E-state index contributed by atoms with van der Waals surface area (Å²) in [7, 11) is 0. The number of hydrogen-bond acceptors (Lipinski definition) is 2. The molecule has 0 saturated carbocycles. The van der Waals surface area contributed by atoms with Crippen molar-refractivity contribution in [2.45, 2.75) is 73.1 Å². The second kappa shape index (κ2) is 8.54. The monoisotopic (exact) mass is 242 g/mol. The first kappa shape index (κ1) is 16.5. The van der Waals surface area contributed by atoms with Gasteiger partial charge in [-0.15, -0.1) is 0 Å². The zero-order valence-corrected chi connectivity index (χ0v) is 12.3. The van der Waals surface area contributed by atoms with Crippen molar-refractivity contribution >= 4 is 5.97 Å². The van der Waals surface area contributed by atoms with E-state index in [1.54, 1.807) is 0 Å². The second-order valence-electron chi connectivity index (χ2n) is 6.36. The molecule has 2 nitrogen and oxygen atoms in total. The molecule has 0 aromatic heterocycles. The van der Waals surface area contributed by atoms with E-state index in [0.29, 0.717) is 24.4 Å². The molecule has 1 unspecified atom stereocenters. The van der Waals surface area contributed by atoms with Gasteiger partial charge in [-0.1, -0.05) is 53.9 Å². The summed E-state index contributed by atoms with van der Waals surface area (Å²) in [5, 5.41) is 0. The zero-order chi connectivity index (χ0) is 13.3. The lowest BCUT2D eigenvalue weighted by atomic mass is 9.84. The van der Waals surface area contributed by atoms with Crippen LogP contribution in [0.2, 0.25) is 0 Å². The summed E-state index contributed by atoms with van der Waals surface area (Å²) in [5.74, 6) is 0.386. The Balaban J connectivity index is 3.58. The fourth-order valence-corrected chi connectivity index (χ4v) is 2.18. The molecule has 0 aliphatic rings. The first-order valence-electron chi connectivity index (χ1n) is 7.00. The van der Waals surface area contributed by atoms with Gasteiger partial charge in [0.2, 0.25) is 0 Å². The highest BCUT2D eigenvalue weighted by molar-refractivity contribution is 5.69. The Hall–Kier alpha value is -0.530. The van der Waals surface area contributed by atoms with Gasteiger partial charge < -0.3 is 4.74 Å². The van der Waals surface area contributed by atoms with Crippen LogP contribution in [0.5, 0.6) is 0 Å². The van der Waals surface area contributed by atoms with Crippen LogP contribution in [0.3, 0.4) is 0 Å². The first-order valence-corrected chi connectivity index (χ1v) is 7.00. The lowest BCUT2D eigenvalue weighted by molar-refractivity contribution is -0.144. The second-order valence-corrected chi connectivity index (χ2v) is 6.36. The van der Waals surface area contributed by atoms with Crippen LogP contribution in [0.15, 0.2) is 0 Å². The van der Waals surface area contributed by atoms with Crippen LogP contribution in [-0.2, 0) is 9.53 Å². The van der Waals surface area contributed by atoms with Crippen molar-refractivity contribution in [2.24, 2.45) is 11.3 Å². The van der Waals surface area contributed by atoms with Gasteiger partial charge in [0.25, 0.3) is 0 Å². The smallest absolute Gasteiger partial charge is 0.306 e. The molecule has 0 heterocycles. The molecule has 0 bridgehead atoms. The van der Waals surface area contributed by atoms with Gasteiger partial charge in [-0.25, -0.2) is 0 Å². The number of esters is 1. The Morgan fingerprint density at radius 2 is 1.82 bits per heavy atom. The van der Waals surface area contributed by atoms with E-state index in [-0.39, 0.29) is 5.97 Å². The highest BCUT2D eigenvalue weighted by atomic mass is 16.5. The number of rotatable bonds is 8. The Morgan fingerprint density at radius 1 is 1.18 bits per heavy atom. The summed E-state index contributed by atoms with van der Waals surface area (Å²) < 4.78 is 5.23. The summed E-state index contributed by atoms with van der Waals surface area (Å²) in [6.45, 7) is 11.5. The van der Waals surface area contributed by atoms with Gasteiger partial charge in [0.1, 0.15) is 0 Å². The Kier molecular flexibility index (Phi) is 8.28. The van der Waals surface area contributed by atoms with Crippen LogP contribution in [0, 0.1) is 11.3 Å². The Bertz CT molecular complexity index is 203. The number of ether oxygens (including phenoxy) is 1. The lowest BCUT2D eigenvalue weighted by Gasteiger charge is -2.22. The van der Waals surface area contributed by atoms with Crippen molar-refractivity contribution in [1.29, 1.82) is 0 Å². The van der Waals surface area contributed by atoms with Gasteiger partial charge in [0.05, 0.1) is 6.61 Å². The third-order valence-corrected chi connectivity index (χ3v) is 2.74. The van der Waals surface area contributed by atoms with Crippen molar-refractivity contribution < 1.29 is 9.53 Å². The predicted octanol–water partition coefficient (Wildman–Crippen LogP) is 4.57. The van der Waals surface area contributed by atoms with Gasteiger partial charge in [-0.2, -0.15) is 0 Å². The van der Waals surface area contributed by atoms with Gasteiger partial charge >= 0.3 is 5.97 Å². The van der Waals surface area contributed by atoms with E-state index in [2.05, 4.69) is 34.6 Å². The SMILES string of the molecule is CCCCCCOC(=O)CC(C)CC(C)(C)C. The van der Waals surface area contributed by atoms with E-state index in [1.807, 2.05) is 0 Å². The molecule has 0 rings (SSSR count). The topological polar surface area (TPSA) is 26.3 Å². The summed E-state index contributed by atoms with van der Waals surface area (Å²) in [5.41, 5.74) is 0.292. The quantitative estimate of drug-likeness (QED) is 0.460. The maximum Gasteiger partial charge on any atom is 0.306 e. The lowest BCUT2D eigenvalue weighted by Crippen LogP contribution is -2.16. The van der Waals surface area contributed by atoms with Gasteiger partial charge in [-0.05, 0) is 24.2 Å². The zero-order valence-electron chi connectivity index (χ0n) is 12.3. The molecule has 0 aliphatic heterocycles. The summed E-state index contributed by atoms with van der Waals surface area (Å²) in [6.07, 6.45) is 6.26. The van der Waals surface area contributed by atoms with E-state index in [9.17, 15) is 4.79 Å². The Morgan fingerprint density at radius 3 is 2.35 bits per heavy atom. The van der Waals surface area contributed by atoms with Crippen LogP contribution in [-0.4, -0.2) is 12.6 Å². The number of unbranched alkanes of at least 4 members (excludes halogenated alkanes) is 3. The third kappa shape index (κ3) is 11.7. The summed E-state index contributed by atoms with van der Waals surface area (Å²) in [4.78, 5) is 11.5. The van der Waals surface area contributed by atoms with Crippen LogP contribution in [0.25, 0.3) is 0 Å². The van der Waals surface area contributed by atoms with Crippen LogP contribution >= 0.6 is 0 Å². The molecule has 2 heteroatoms. The molecule has 0 radical (unpaired) electrons. The molecule has 0 fully saturated rings. The van der Waals surface area contributed by atoms with Gasteiger partial charge in [0.15, 0.2) is 0 Å². The summed E-state index contributed by atoms with van der Waals surface area (Å²) >= 11 is 0. The number of carbonyl (C=O) groups excluding carboxylic acids is 1. The van der Waals surface area contributed by atoms with Crippen molar-refractivity contribution in [3.8, 4) is 0 Å². The molecule has 17 heavy (non-hydrogen) atoms. The fourth-order valence-electron chi connectivity index (χ4n) is 2.18. The van der Waals surface area contributed by atoms with Crippen molar-refractivity contribution in [1.82, 2.24) is 0 Å². The van der Waals surface area contributed by atoms with E-state index in [1.165, 1.54) is 19.3 Å². The number of carbonyl (C=O) groups is 1. The average Bonchev–Trinajstić information content (AvgIpc) is 2.14. The normalized spacial score (nSPS) is 13.5. The fraction of sp³-hybridized carbons (Fsp3) is 0.933. The maximum atomic E-state index is 11.5. The summed E-state index contributed by atoms with van der Waals surface area (Å²) in [6, 6.07) is 0. The van der Waals surface area contributed by atoms with E-state index >= 15 is 0 Å². The molecule has 0 saturated heterocycles. The molecule has 0 spiro atoms. The highest BCUT2D eigenvalue weighted by Crippen LogP contribution is 2.26. The van der Waals surface area contributed by atoms with E-state index < -0.39 is 0 Å². The molecular formula is C15H30O2. The molecule has 102 valence electrons. The van der Waals surface area contributed by atoms with Crippen molar-refractivity contribution in [2.75, 3.05) is 6.61 Å². The van der Waals surface area contributed by atoms with Crippen molar-refractivity contribution in [3.05, 3.63) is 0 Å². The van der Waals surface area contributed by atoms with Crippen molar-refractivity contribution in [3.63, 3.8) is 0 Å². The standard InChI is InChI=1S/C15H30O2/c1-6-7-8-9-10-17-14(16)11-13(2)12-15(3,4)5/h13H,6-12H2,1-5H3. The number of hydrogen-bond donors (Lipinski definition) is 0. The van der Waals surface area contributed by atoms with Crippen LogP contribution in [0.1, 0.15) is 73.1 Å². The van der Waals surface area contributed by atoms with Crippen LogP contribution in [0.4, 0.5) is 0 Å². The molecule has 0 aromatic rings. The largest absolute Gasteiger partial charge is 0.466 e. The molecule has 1 atom stereocenters. The van der Waals surface area contributed by atoms with Gasteiger partial charge in [0, 0.05) is 6.42 Å². The first-order chi connectivity index (χ1) is 7.85. The molecule has 0 N–H and O–H groups in total. The minimum atomic E-state index is -0.0294. The van der Waals surface area contributed by atoms with Crippen LogP contribution < -0.4 is 0 Å². The highest BCUT2D eigenvalue weighted by Gasteiger charge is 2.18. The van der Waals surface area contributed by atoms with E-state index in [4.69, 9.17) is 4.74 Å². The van der Waals surface area contributed by atoms with Gasteiger partial charge in [-0.3, -0.25) is 4.79 Å².